The van der Waals surface area contributed by atoms with Crippen LogP contribution in [0.15, 0.2) is 109 Å². The summed E-state index contributed by atoms with van der Waals surface area (Å²) >= 11 is 0. The van der Waals surface area contributed by atoms with Crippen LogP contribution in [0.2, 0.25) is 0 Å². The van der Waals surface area contributed by atoms with E-state index in [0.717, 1.165) is 77.0 Å². The average molecular weight is 1040 g/mol. The summed E-state index contributed by atoms with van der Waals surface area (Å²) in [6, 6.07) is 0. The zero-order chi connectivity index (χ0) is 53.5. The molecule has 418 valence electrons. The fourth-order valence-corrected chi connectivity index (χ4v) is 8.33. The van der Waals surface area contributed by atoms with Gasteiger partial charge >= 0.3 is 11.9 Å². The quantitative estimate of drug-likeness (QED) is 0.0195. The fraction of sp³-hybridized carbons (Fsp3) is 0.683. The van der Waals surface area contributed by atoms with Crippen molar-refractivity contribution in [1.82, 2.24) is 0 Å². The molecule has 0 heterocycles. The first-order valence-corrected chi connectivity index (χ1v) is 30.6. The molecule has 0 N–H and O–H groups in total. The van der Waals surface area contributed by atoms with E-state index in [2.05, 4.69) is 117 Å². The summed E-state index contributed by atoms with van der Waals surface area (Å²) in [7, 11) is 1.12. The number of ether oxygens (including phenoxy) is 2. The number of quaternary nitrogens is 1. The van der Waals surface area contributed by atoms with Gasteiger partial charge in [-0.25, -0.2) is 0 Å². The number of rotatable bonds is 52. The van der Waals surface area contributed by atoms with Gasteiger partial charge in [0.15, 0.2) is 6.10 Å². The first-order valence-electron chi connectivity index (χ1n) is 29.1. The first kappa shape index (κ1) is 69.7. The summed E-state index contributed by atoms with van der Waals surface area (Å²) in [5, 5.41) is 0. The maximum atomic E-state index is 12.8. The lowest BCUT2D eigenvalue weighted by atomic mass is 10.0. The van der Waals surface area contributed by atoms with Crippen molar-refractivity contribution in [1.29, 1.82) is 0 Å². The van der Waals surface area contributed by atoms with E-state index in [1.807, 2.05) is 27.2 Å². The number of carbonyl (C=O) groups is 2. The predicted octanol–water partition coefficient (Wildman–Crippen LogP) is 17.6. The van der Waals surface area contributed by atoms with Gasteiger partial charge in [0, 0.05) is 12.8 Å². The number of allylic oxidation sites excluding steroid dienone is 18. The Hall–Kier alpha value is -3.33. The minimum atomic E-state index is -4.66. The second kappa shape index (κ2) is 53.5. The number of carbonyl (C=O) groups excluding carboxylic acids is 2. The van der Waals surface area contributed by atoms with Crippen molar-refractivity contribution >= 4 is 19.8 Å². The third-order valence-electron chi connectivity index (χ3n) is 12.1. The Labute approximate surface area is 448 Å². The smallest absolute Gasteiger partial charge is 0.306 e. The fourth-order valence-electron chi connectivity index (χ4n) is 7.60. The van der Waals surface area contributed by atoms with E-state index in [-0.39, 0.29) is 26.1 Å². The summed E-state index contributed by atoms with van der Waals surface area (Å²) < 4.78 is 34.1. The van der Waals surface area contributed by atoms with Gasteiger partial charge < -0.3 is 27.9 Å². The second-order valence-electron chi connectivity index (χ2n) is 20.3. The van der Waals surface area contributed by atoms with Crippen LogP contribution in [0.1, 0.15) is 226 Å². The van der Waals surface area contributed by atoms with Gasteiger partial charge in [-0.15, -0.1) is 0 Å². The van der Waals surface area contributed by atoms with Crippen molar-refractivity contribution in [3.63, 3.8) is 0 Å². The highest BCUT2D eigenvalue weighted by molar-refractivity contribution is 7.45. The van der Waals surface area contributed by atoms with Crippen LogP contribution in [0.3, 0.4) is 0 Å². The van der Waals surface area contributed by atoms with E-state index in [1.54, 1.807) is 0 Å². The lowest BCUT2D eigenvalue weighted by Gasteiger charge is -2.28. The van der Waals surface area contributed by atoms with Crippen molar-refractivity contribution in [2.75, 3.05) is 47.5 Å². The molecule has 0 aliphatic rings. The van der Waals surface area contributed by atoms with Crippen LogP contribution in [-0.4, -0.2) is 70.0 Å². The molecule has 0 aromatic rings. The Morgan fingerprint density at radius 3 is 1.15 bits per heavy atom. The number of nitrogens with zero attached hydrogens (tertiary/aromatic N) is 1. The van der Waals surface area contributed by atoms with Crippen LogP contribution in [-0.2, 0) is 32.7 Å². The van der Waals surface area contributed by atoms with Gasteiger partial charge in [0.25, 0.3) is 7.82 Å². The molecule has 2 atom stereocenters. The molecule has 0 saturated carbocycles. The molecule has 0 aliphatic carbocycles. The van der Waals surface area contributed by atoms with Crippen LogP contribution in [0.5, 0.6) is 0 Å². The number of esters is 2. The van der Waals surface area contributed by atoms with Crippen molar-refractivity contribution in [2.24, 2.45) is 0 Å². The normalized spacial score (nSPS) is 14.1. The standard InChI is InChI=1S/C63H108NO8P/c1-6-8-10-12-14-16-18-20-22-24-26-28-29-30-31-32-33-34-35-36-38-40-42-44-46-48-50-52-54-56-63(66)72-61(60-71-73(67,68)70-58-57-64(3,4)5)59-69-62(65)55-53-51-49-47-45-43-41-39-37-27-25-23-21-19-17-15-13-11-9-7-2/h8,10,14,16,20,22,26,28,30-31,33-34,36,38,42,44,48,50,61H,6-7,9,11-13,15,17-19,21,23-25,27,29,32,35,37,39-41,43,45-47,49,51-60H2,1-5H3/b10-8-,16-14-,22-20-,28-26-,31-30-,34-33-,38-36-,44-42-,50-48-. The number of hydrogen-bond acceptors (Lipinski definition) is 8. The maximum absolute atomic E-state index is 12.8. The molecule has 9 nitrogen and oxygen atoms in total. The van der Waals surface area contributed by atoms with Gasteiger partial charge in [-0.2, -0.15) is 0 Å². The average Bonchev–Trinajstić information content (AvgIpc) is 3.35. The highest BCUT2D eigenvalue weighted by Gasteiger charge is 2.21. The van der Waals surface area contributed by atoms with E-state index >= 15 is 0 Å². The molecule has 0 fully saturated rings. The largest absolute Gasteiger partial charge is 0.756 e. The predicted molar refractivity (Wildman–Crippen MR) is 309 cm³/mol. The van der Waals surface area contributed by atoms with Crippen LogP contribution < -0.4 is 4.89 Å². The van der Waals surface area contributed by atoms with Crippen molar-refractivity contribution in [2.45, 2.75) is 232 Å². The lowest BCUT2D eigenvalue weighted by Crippen LogP contribution is -2.37. The number of unbranched alkanes of at least 4 members (excludes halogenated alkanes) is 20. The molecule has 0 rings (SSSR count). The highest BCUT2D eigenvalue weighted by atomic mass is 31.2. The molecule has 0 aromatic heterocycles. The Balaban J connectivity index is 4.31. The molecule has 10 heteroatoms. The van der Waals surface area contributed by atoms with E-state index < -0.39 is 32.5 Å². The van der Waals surface area contributed by atoms with E-state index in [0.29, 0.717) is 23.9 Å². The molecule has 0 spiro atoms. The highest BCUT2D eigenvalue weighted by Crippen LogP contribution is 2.38. The first-order chi connectivity index (χ1) is 35.5. The zero-order valence-electron chi connectivity index (χ0n) is 47.3. The Bertz CT molecular complexity index is 1600. The molecule has 0 saturated heterocycles. The minimum absolute atomic E-state index is 0.0463. The summed E-state index contributed by atoms with van der Waals surface area (Å²) in [4.78, 5) is 37.8. The van der Waals surface area contributed by atoms with Gasteiger partial charge in [0.05, 0.1) is 27.7 Å². The third-order valence-corrected chi connectivity index (χ3v) is 13.0. The number of phosphoric acid groups is 1. The zero-order valence-corrected chi connectivity index (χ0v) is 48.2. The minimum Gasteiger partial charge on any atom is -0.756 e. The van der Waals surface area contributed by atoms with Gasteiger partial charge in [0.2, 0.25) is 0 Å². The van der Waals surface area contributed by atoms with Crippen LogP contribution >= 0.6 is 7.82 Å². The van der Waals surface area contributed by atoms with Gasteiger partial charge in [-0.1, -0.05) is 245 Å². The summed E-state index contributed by atoms with van der Waals surface area (Å²) in [6.07, 6.45) is 74.3. The summed E-state index contributed by atoms with van der Waals surface area (Å²) in [6.45, 7) is 4.07. The maximum Gasteiger partial charge on any atom is 0.306 e. The van der Waals surface area contributed by atoms with E-state index in [9.17, 15) is 19.0 Å². The number of phosphoric ester groups is 1. The topological polar surface area (TPSA) is 111 Å². The van der Waals surface area contributed by atoms with Crippen LogP contribution in [0, 0.1) is 0 Å². The number of likely N-dealkylation sites (N-methyl/N-ethyl adjacent to an activating group) is 1. The Kier molecular flexibility index (Phi) is 51.1. The van der Waals surface area contributed by atoms with Crippen LogP contribution in [0.4, 0.5) is 0 Å². The molecule has 0 aromatic carbocycles. The molecule has 73 heavy (non-hydrogen) atoms. The molecule has 0 amide bonds. The SMILES string of the molecule is CC/C=C\C/C=C\C/C=C\C/C=C\C/C=C\C/C=C\C/C=C\C/C=C\C/C=C\CCCC(=O)OC(COC(=O)CCCCCCCCCCCCCCCCCCCCCC)COP(=O)([O-])OCC[N+](C)(C)C. The van der Waals surface area contributed by atoms with E-state index in [4.69, 9.17) is 18.5 Å². The second-order valence-corrected chi connectivity index (χ2v) is 21.7. The third kappa shape index (κ3) is 57.8. The monoisotopic (exact) mass is 1040 g/mol. The molecule has 0 aliphatic heterocycles. The Morgan fingerprint density at radius 2 is 0.781 bits per heavy atom. The van der Waals surface area contributed by atoms with Gasteiger partial charge in [-0.3, -0.25) is 14.2 Å². The van der Waals surface area contributed by atoms with Crippen LogP contribution in [0.25, 0.3) is 0 Å². The molecular formula is C63H108NO8P. The Morgan fingerprint density at radius 1 is 0.438 bits per heavy atom. The van der Waals surface area contributed by atoms with Crippen molar-refractivity contribution in [3.8, 4) is 0 Å². The molecule has 0 bridgehead atoms. The van der Waals surface area contributed by atoms with Gasteiger partial charge in [0.1, 0.15) is 19.8 Å². The summed E-state index contributed by atoms with van der Waals surface area (Å²) in [5.41, 5.74) is 0. The van der Waals surface area contributed by atoms with Gasteiger partial charge in [-0.05, 0) is 77.0 Å². The number of hydrogen-bond donors (Lipinski definition) is 0. The van der Waals surface area contributed by atoms with Crippen molar-refractivity contribution < 1.29 is 42.1 Å². The lowest BCUT2D eigenvalue weighted by molar-refractivity contribution is -0.870. The molecule has 2 unspecified atom stereocenters. The van der Waals surface area contributed by atoms with Crippen molar-refractivity contribution in [3.05, 3.63) is 109 Å². The van der Waals surface area contributed by atoms with E-state index in [1.165, 1.54) is 109 Å². The summed E-state index contributed by atoms with van der Waals surface area (Å²) in [5.74, 6) is -0.904. The molecular weight excluding hydrogens is 930 g/mol. The molecule has 0 radical (unpaired) electrons.